The number of halogens is 3. The first-order chi connectivity index (χ1) is 15.7. The summed E-state index contributed by atoms with van der Waals surface area (Å²) in [5, 5.41) is 26.5. The van der Waals surface area contributed by atoms with Gasteiger partial charge in [-0.05, 0) is 49.6 Å². The van der Waals surface area contributed by atoms with E-state index in [-0.39, 0.29) is 36.9 Å². The van der Waals surface area contributed by atoms with Crippen LogP contribution in [0.25, 0.3) is 0 Å². The Morgan fingerprint density at radius 3 is 2.55 bits per heavy atom. The van der Waals surface area contributed by atoms with Gasteiger partial charge in [0.1, 0.15) is 11.4 Å². The predicted octanol–water partition coefficient (Wildman–Crippen LogP) is 3.24. The molecule has 2 aromatic carbocycles. The zero-order valence-corrected chi connectivity index (χ0v) is 18.4. The third kappa shape index (κ3) is 5.00. The molecular weight excluding hydrogens is 435 g/mol. The summed E-state index contributed by atoms with van der Waals surface area (Å²) in [6.45, 7) is 1.90. The number of benzene rings is 2. The van der Waals surface area contributed by atoms with E-state index in [0.717, 1.165) is 31.4 Å². The van der Waals surface area contributed by atoms with Gasteiger partial charge < -0.3 is 25.7 Å². The van der Waals surface area contributed by atoms with Crippen molar-refractivity contribution in [2.45, 2.75) is 50.4 Å². The second kappa shape index (κ2) is 9.32. The lowest BCUT2D eigenvalue weighted by Crippen LogP contribution is -2.68. The summed E-state index contributed by atoms with van der Waals surface area (Å²) < 4.78 is 42.8. The van der Waals surface area contributed by atoms with Crippen LogP contribution in [0.15, 0.2) is 30.3 Å². The first-order valence-electron chi connectivity index (χ1n) is 11.1. The number of nitrogens with one attached hydrogen (secondary N) is 2. The topological polar surface area (TPSA) is 84.8 Å². The Balaban J connectivity index is 1.46. The van der Waals surface area contributed by atoms with Gasteiger partial charge in [0.05, 0.1) is 36.1 Å². The van der Waals surface area contributed by atoms with Crippen LogP contribution in [0.1, 0.15) is 41.6 Å². The van der Waals surface area contributed by atoms with E-state index in [1.165, 1.54) is 17.0 Å². The standard InChI is InChI=1S/C24H28F3N3O3/c1-14-6-9-18(17(26)10-14)29-22-15(7-8-16(25)21(22)27)23(32)30-12-24(33,13-30)11-28-19-4-2-3-5-20(19)31/h6-10,19-20,28-29,31,33H,2-5,11-13H2,1H3. The van der Waals surface area contributed by atoms with Crippen LogP contribution in [-0.2, 0) is 0 Å². The molecule has 2 aromatic rings. The van der Waals surface area contributed by atoms with Gasteiger partial charge in [-0.1, -0.05) is 18.9 Å². The van der Waals surface area contributed by atoms with Crippen molar-refractivity contribution < 1.29 is 28.2 Å². The fourth-order valence-electron chi connectivity index (χ4n) is 4.47. The summed E-state index contributed by atoms with van der Waals surface area (Å²) in [6.07, 6.45) is 3.06. The fraction of sp³-hybridized carbons (Fsp3) is 0.458. The van der Waals surface area contributed by atoms with Crippen LogP contribution in [0.5, 0.6) is 0 Å². The number of hydrogen-bond donors (Lipinski definition) is 4. The van der Waals surface area contributed by atoms with Gasteiger partial charge in [-0.15, -0.1) is 0 Å². The molecule has 1 aliphatic carbocycles. The van der Waals surface area contributed by atoms with Crippen molar-refractivity contribution in [3.05, 3.63) is 58.9 Å². The normalized spacial score (nSPS) is 22.1. The van der Waals surface area contributed by atoms with Gasteiger partial charge in [-0.25, -0.2) is 13.2 Å². The van der Waals surface area contributed by atoms with E-state index in [4.69, 9.17) is 0 Å². The van der Waals surface area contributed by atoms with E-state index < -0.39 is 40.8 Å². The quantitative estimate of drug-likeness (QED) is 0.529. The van der Waals surface area contributed by atoms with Crippen LogP contribution in [0.2, 0.25) is 0 Å². The van der Waals surface area contributed by atoms with Crippen LogP contribution in [0, 0.1) is 24.4 Å². The third-order valence-electron chi connectivity index (χ3n) is 6.39. The summed E-state index contributed by atoms with van der Waals surface area (Å²) >= 11 is 0. The Labute approximate surface area is 190 Å². The highest BCUT2D eigenvalue weighted by atomic mass is 19.2. The Hall–Kier alpha value is -2.62. The predicted molar refractivity (Wildman–Crippen MR) is 118 cm³/mol. The van der Waals surface area contributed by atoms with E-state index in [9.17, 15) is 28.2 Å². The number of hydrogen-bond acceptors (Lipinski definition) is 5. The Bertz CT molecular complexity index is 1040. The second-order valence-corrected chi connectivity index (χ2v) is 9.12. The van der Waals surface area contributed by atoms with Gasteiger partial charge in [0, 0.05) is 12.6 Å². The summed E-state index contributed by atoms with van der Waals surface area (Å²) in [7, 11) is 0. The lowest BCUT2D eigenvalue weighted by atomic mass is 9.89. The number of nitrogens with zero attached hydrogens (tertiary/aromatic N) is 1. The van der Waals surface area contributed by atoms with Gasteiger partial charge >= 0.3 is 0 Å². The van der Waals surface area contributed by atoms with E-state index in [2.05, 4.69) is 10.6 Å². The maximum Gasteiger partial charge on any atom is 0.256 e. The molecule has 4 N–H and O–H groups in total. The Kier molecular flexibility index (Phi) is 6.65. The highest BCUT2D eigenvalue weighted by molar-refractivity contribution is 6.01. The van der Waals surface area contributed by atoms with Gasteiger partial charge in [0.25, 0.3) is 5.91 Å². The van der Waals surface area contributed by atoms with Crippen molar-refractivity contribution in [2.24, 2.45) is 0 Å². The van der Waals surface area contributed by atoms with Gasteiger partial charge in [0.2, 0.25) is 0 Å². The van der Waals surface area contributed by atoms with Crippen LogP contribution in [-0.4, -0.2) is 58.4 Å². The summed E-state index contributed by atoms with van der Waals surface area (Å²) in [4.78, 5) is 14.3. The summed E-state index contributed by atoms with van der Waals surface area (Å²) in [5.41, 5.74) is -1.23. The number of carbonyl (C=O) groups excluding carboxylic acids is 1. The zero-order valence-electron chi connectivity index (χ0n) is 18.4. The summed E-state index contributed by atoms with van der Waals surface area (Å²) in [5.74, 6) is -3.72. The van der Waals surface area contributed by atoms with Crippen molar-refractivity contribution in [3.63, 3.8) is 0 Å². The Morgan fingerprint density at radius 2 is 1.85 bits per heavy atom. The zero-order chi connectivity index (χ0) is 23.8. The number of β-amino-alcohol motifs (C(OH)–C–C–N with tert-alkyl or cyclic N) is 1. The molecule has 1 aliphatic heterocycles. The van der Waals surface area contributed by atoms with Crippen molar-refractivity contribution in [3.8, 4) is 0 Å². The van der Waals surface area contributed by atoms with Crippen LogP contribution >= 0.6 is 0 Å². The molecule has 1 saturated heterocycles. The first kappa shape index (κ1) is 23.5. The maximum atomic E-state index is 14.6. The largest absolute Gasteiger partial charge is 0.392 e. The average Bonchev–Trinajstić information content (AvgIpc) is 2.76. The Morgan fingerprint density at radius 1 is 1.12 bits per heavy atom. The number of carbonyl (C=O) groups is 1. The van der Waals surface area contributed by atoms with Gasteiger partial charge in [0.15, 0.2) is 11.6 Å². The average molecular weight is 464 g/mol. The molecule has 9 heteroatoms. The number of aryl methyl sites for hydroxylation is 1. The molecular formula is C24H28F3N3O3. The number of amides is 1. The molecule has 1 heterocycles. The monoisotopic (exact) mass is 463 g/mol. The van der Waals surface area contributed by atoms with E-state index >= 15 is 0 Å². The number of rotatable bonds is 6. The SMILES string of the molecule is Cc1ccc(Nc2c(C(=O)N3CC(O)(CNC4CCCCC4O)C3)ccc(F)c2F)c(F)c1. The molecule has 2 fully saturated rings. The van der Waals surface area contributed by atoms with Crippen LogP contribution in [0.3, 0.4) is 0 Å². The minimum Gasteiger partial charge on any atom is -0.392 e. The second-order valence-electron chi connectivity index (χ2n) is 9.12. The molecule has 178 valence electrons. The number of likely N-dealkylation sites (tertiary alicyclic amines) is 1. The molecule has 2 aliphatic rings. The molecule has 0 spiro atoms. The van der Waals surface area contributed by atoms with E-state index in [1.54, 1.807) is 13.0 Å². The number of aliphatic hydroxyl groups is 2. The molecule has 1 amide bonds. The van der Waals surface area contributed by atoms with Crippen molar-refractivity contribution in [1.82, 2.24) is 10.2 Å². The highest BCUT2D eigenvalue weighted by Crippen LogP contribution is 2.31. The smallest absolute Gasteiger partial charge is 0.256 e. The van der Waals surface area contributed by atoms with E-state index in [1.807, 2.05) is 0 Å². The van der Waals surface area contributed by atoms with Crippen LogP contribution < -0.4 is 10.6 Å². The molecule has 0 aromatic heterocycles. The molecule has 6 nitrogen and oxygen atoms in total. The number of anilines is 2. The molecule has 0 bridgehead atoms. The van der Waals surface area contributed by atoms with Crippen molar-refractivity contribution >= 4 is 17.3 Å². The van der Waals surface area contributed by atoms with E-state index in [0.29, 0.717) is 12.0 Å². The lowest BCUT2D eigenvalue weighted by molar-refractivity contribution is -0.0824. The molecule has 2 atom stereocenters. The molecule has 1 saturated carbocycles. The molecule has 0 radical (unpaired) electrons. The lowest BCUT2D eigenvalue weighted by Gasteiger charge is -2.47. The van der Waals surface area contributed by atoms with Crippen LogP contribution in [0.4, 0.5) is 24.5 Å². The first-order valence-corrected chi connectivity index (χ1v) is 11.1. The summed E-state index contributed by atoms with van der Waals surface area (Å²) in [6, 6.07) is 6.12. The highest BCUT2D eigenvalue weighted by Gasteiger charge is 2.45. The van der Waals surface area contributed by atoms with Gasteiger partial charge in [-0.3, -0.25) is 4.79 Å². The van der Waals surface area contributed by atoms with Crippen molar-refractivity contribution in [2.75, 3.05) is 25.0 Å². The third-order valence-corrected chi connectivity index (χ3v) is 6.39. The molecule has 4 rings (SSSR count). The molecule has 33 heavy (non-hydrogen) atoms. The number of aliphatic hydroxyl groups excluding tert-OH is 1. The minimum absolute atomic E-state index is 0.00102. The fourth-order valence-corrected chi connectivity index (χ4v) is 4.47. The van der Waals surface area contributed by atoms with Crippen molar-refractivity contribution in [1.29, 1.82) is 0 Å². The minimum atomic E-state index is -1.29. The maximum absolute atomic E-state index is 14.6. The molecule has 2 unspecified atom stereocenters. The van der Waals surface area contributed by atoms with Gasteiger partial charge in [-0.2, -0.15) is 0 Å².